The molecule has 0 radical (unpaired) electrons. The molecule has 0 N–H and O–H groups in total. The zero-order valence-electron chi connectivity index (χ0n) is 20.0. The van der Waals surface area contributed by atoms with Crippen LogP contribution >= 0.6 is 0 Å². The topological polar surface area (TPSA) is 85.6 Å². The van der Waals surface area contributed by atoms with Gasteiger partial charge in [-0.3, -0.25) is 9.59 Å². The number of carbonyl (C=O) groups is 2. The lowest BCUT2D eigenvalue weighted by Crippen LogP contribution is -2.43. The molecule has 6 nitrogen and oxygen atoms in total. The number of hydrogen-bond donors (Lipinski definition) is 0. The molecule has 0 aliphatic heterocycles. The average Bonchev–Trinajstić information content (AvgIpc) is 2.69. The van der Waals surface area contributed by atoms with E-state index >= 15 is 0 Å². The summed E-state index contributed by atoms with van der Waals surface area (Å²) in [7, 11) is -2.01. The molecule has 1 aromatic rings. The highest BCUT2D eigenvalue weighted by atomic mass is 28.4. The Labute approximate surface area is 188 Å². The molecule has 0 bridgehead atoms. The lowest BCUT2D eigenvalue weighted by Gasteiger charge is -2.36. The summed E-state index contributed by atoms with van der Waals surface area (Å²) in [4.78, 5) is 24.7. The predicted molar refractivity (Wildman–Crippen MR) is 123 cm³/mol. The molecule has 0 spiro atoms. The molecule has 0 unspecified atom stereocenters. The number of ether oxygens (including phenoxy) is 2. The van der Waals surface area contributed by atoms with Crippen LogP contribution in [0.4, 0.5) is 0 Å². The quantitative estimate of drug-likeness (QED) is 0.328. The Kier molecular flexibility index (Phi) is 9.76. The molecule has 0 heterocycles. The van der Waals surface area contributed by atoms with Crippen LogP contribution in [0.5, 0.6) is 5.75 Å². The van der Waals surface area contributed by atoms with Crippen molar-refractivity contribution in [3.05, 3.63) is 29.8 Å². The van der Waals surface area contributed by atoms with Crippen molar-refractivity contribution in [1.82, 2.24) is 0 Å². The summed E-state index contributed by atoms with van der Waals surface area (Å²) in [6, 6.07) is 9.32. The lowest BCUT2D eigenvalue weighted by atomic mass is 9.76. The van der Waals surface area contributed by atoms with Crippen LogP contribution in [-0.4, -0.2) is 33.5 Å². The molecule has 172 valence electrons. The molecule has 0 amide bonds. The van der Waals surface area contributed by atoms with E-state index in [0.717, 1.165) is 0 Å². The van der Waals surface area contributed by atoms with Crippen LogP contribution in [0.25, 0.3) is 0 Å². The highest BCUT2D eigenvalue weighted by molar-refractivity contribution is 6.74. The van der Waals surface area contributed by atoms with Crippen molar-refractivity contribution < 1.29 is 23.5 Å². The molecule has 0 saturated heterocycles. The molecular formula is C24H37NO5Si. The lowest BCUT2D eigenvalue weighted by molar-refractivity contribution is -0.147. The summed E-state index contributed by atoms with van der Waals surface area (Å²) >= 11 is 0. The van der Waals surface area contributed by atoms with Gasteiger partial charge in [0.05, 0.1) is 32.1 Å². The van der Waals surface area contributed by atoms with Crippen LogP contribution in [0.1, 0.15) is 65.9 Å². The molecule has 1 aromatic carbocycles. The first-order valence-electron chi connectivity index (χ1n) is 10.9. The third-order valence-electron chi connectivity index (χ3n) is 5.63. The van der Waals surface area contributed by atoms with Gasteiger partial charge in [0, 0.05) is 0 Å². The first-order chi connectivity index (χ1) is 14.4. The Bertz CT molecular complexity index is 753. The summed E-state index contributed by atoms with van der Waals surface area (Å²) in [6.45, 7) is 15.2. The van der Waals surface area contributed by atoms with Crippen molar-refractivity contribution in [2.24, 2.45) is 0 Å². The van der Waals surface area contributed by atoms with Gasteiger partial charge in [-0.15, -0.1) is 0 Å². The molecule has 0 fully saturated rings. The van der Waals surface area contributed by atoms with Crippen molar-refractivity contribution in [3.63, 3.8) is 0 Å². The average molecular weight is 448 g/mol. The van der Waals surface area contributed by atoms with Gasteiger partial charge in [-0.2, -0.15) is 5.26 Å². The number of nitrogens with zero attached hydrogens (tertiary/aromatic N) is 1. The van der Waals surface area contributed by atoms with Gasteiger partial charge >= 0.3 is 11.9 Å². The van der Waals surface area contributed by atoms with E-state index in [1.54, 1.807) is 24.3 Å². The predicted octanol–water partition coefficient (Wildman–Crippen LogP) is 5.52. The van der Waals surface area contributed by atoms with Gasteiger partial charge in [-0.05, 0) is 48.7 Å². The Hall–Kier alpha value is -2.33. The maximum atomic E-state index is 12.4. The minimum Gasteiger partial charge on any atom is -0.544 e. The van der Waals surface area contributed by atoms with Crippen molar-refractivity contribution in [3.8, 4) is 11.8 Å². The fourth-order valence-corrected chi connectivity index (χ4v) is 3.76. The third-order valence-corrected chi connectivity index (χ3v) is 9.99. The number of benzene rings is 1. The van der Waals surface area contributed by atoms with Crippen LogP contribution in [-0.2, 0) is 24.5 Å². The fraction of sp³-hybridized carbons (Fsp3) is 0.625. The maximum absolute atomic E-state index is 12.4. The Balaban J connectivity index is 3.21. The van der Waals surface area contributed by atoms with Crippen LogP contribution in [0.2, 0.25) is 18.1 Å². The zero-order chi connectivity index (χ0) is 23.7. The molecular weight excluding hydrogens is 410 g/mol. The van der Waals surface area contributed by atoms with Gasteiger partial charge in [0.2, 0.25) is 8.32 Å². The first kappa shape index (κ1) is 26.7. The molecule has 0 aliphatic rings. The molecule has 1 rings (SSSR count). The van der Waals surface area contributed by atoms with E-state index in [1.165, 1.54) is 0 Å². The van der Waals surface area contributed by atoms with Gasteiger partial charge in [0.25, 0.3) is 0 Å². The van der Waals surface area contributed by atoms with Gasteiger partial charge in [0.1, 0.15) is 11.2 Å². The maximum Gasteiger partial charge on any atom is 0.307 e. The highest BCUT2D eigenvalue weighted by Crippen LogP contribution is 2.38. The summed E-state index contributed by atoms with van der Waals surface area (Å²) in [6.07, 6.45) is 0.937. The second-order valence-electron chi connectivity index (χ2n) is 9.38. The van der Waals surface area contributed by atoms with E-state index in [-0.39, 0.29) is 31.1 Å². The Morgan fingerprint density at radius 2 is 1.39 bits per heavy atom. The standard InChI is InChI=1S/C24H37NO5Si/c1-8-14-28-21(26)16-24(18-25,17-22(27)29-15-9-2)19-10-12-20(13-11-19)30-31(6,7)23(3,4)5/h10-13H,8-9,14-17H2,1-7H3. The number of hydrogen-bond acceptors (Lipinski definition) is 6. The van der Waals surface area contributed by atoms with Gasteiger partial charge in [0.15, 0.2) is 0 Å². The van der Waals surface area contributed by atoms with E-state index in [4.69, 9.17) is 13.9 Å². The monoisotopic (exact) mass is 447 g/mol. The summed E-state index contributed by atoms with van der Waals surface area (Å²) < 4.78 is 16.7. The molecule has 31 heavy (non-hydrogen) atoms. The Morgan fingerprint density at radius 1 is 0.935 bits per heavy atom. The minimum atomic E-state index is -2.01. The second-order valence-corrected chi connectivity index (χ2v) is 14.1. The number of nitriles is 1. The summed E-state index contributed by atoms with van der Waals surface area (Å²) in [5, 5.41) is 10.1. The van der Waals surface area contributed by atoms with Crippen molar-refractivity contribution in [1.29, 1.82) is 5.26 Å². The largest absolute Gasteiger partial charge is 0.544 e. The van der Waals surface area contributed by atoms with Crippen LogP contribution in [0.15, 0.2) is 24.3 Å². The van der Waals surface area contributed by atoms with Gasteiger partial charge in [-0.25, -0.2) is 0 Å². The number of rotatable bonds is 11. The van der Waals surface area contributed by atoms with E-state index in [9.17, 15) is 14.9 Å². The van der Waals surface area contributed by atoms with E-state index in [2.05, 4.69) is 39.9 Å². The first-order valence-corrected chi connectivity index (χ1v) is 13.8. The molecule has 7 heteroatoms. The van der Waals surface area contributed by atoms with Gasteiger partial charge in [-0.1, -0.05) is 46.8 Å². The Morgan fingerprint density at radius 3 is 1.74 bits per heavy atom. The zero-order valence-corrected chi connectivity index (χ0v) is 21.0. The summed E-state index contributed by atoms with van der Waals surface area (Å²) in [5.74, 6) is -0.300. The molecule has 0 aromatic heterocycles. The van der Waals surface area contributed by atoms with Crippen molar-refractivity contribution >= 4 is 20.3 Å². The van der Waals surface area contributed by atoms with E-state index < -0.39 is 25.7 Å². The van der Waals surface area contributed by atoms with E-state index in [0.29, 0.717) is 24.2 Å². The van der Waals surface area contributed by atoms with E-state index in [1.807, 2.05) is 13.8 Å². The van der Waals surface area contributed by atoms with Crippen LogP contribution in [0.3, 0.4) is 0 Å². The normalized spacial score (nSPS) is 12.1. The SMILES string of the molecule is CCCOC(=O)CC(C#N)(CC(=O)OCCC)c1ccc(O[Si](C)(C)C(C)(C)C)cc1. The second kappa shape index (κ2) is 11.3. The number of carbonyl (C=O) groups excluding carboxylic acids is 2. The van der Waals surface area contributed by atoms with Crippen molar-refractivity contribution in [2.75, 3.05) is 13.2 Å². The molecule has 0 atom stereocenters. The fourth-order valence-electron chi connectivity index (χ4n) is 2.73. The summed E-state index contributed by atoms with van der Waals surface area (Å²) in [5.41, 5.74) is -0.787. The molecule has 0 aliphatic carbocycles. The van der Waals surface area contributed by atoms with Crippen LogP contribution in [0, 0.1) is 11.3 Å². The number of esters is 2. The molecule has 0 saturated carbocycles. The minimum absolute atomic E-state index is 0.0498. The van der Waals surface area contributed by atoms with Gasteiger partial charge < -0.3 is 13.9 Å². The van der Waals surface area contributed by atoms with Crippen LogP contribution < -0.4 is 4.43 Å². The smallest absolute Gasteiger partial charge is 0.307 e. The van der Waals surface area contributed by atoms with Crippen molar-refractivity contribution in [2.45, 2.75) is 83.8 Å². The third kappa shape index (κ3) is 7.70. The highest BCUT2D eigenvalue weighted by Gasteiger charge is 2.40.